The van der Waals surface area contributed by atoms with Crippen LogP contribution in [0.5, 0.6) is 0 Å². The highest BCUT2D eigenvalue weighted by atomic mass is 19.1. The van der Waals surface area contributed by atoms with E-state index in [1.54, 1.807) is 6.08 Å². The molecule has 20 heavy (non-hydrogen) atoms. The molecule has 1 N–H and O–H groups in total. The monoisotopic (exact) mass is 277 g/mol. The van der Waals surface area contributed by atoms with Gasteiger partial charge in [-0.3, -0.25) is 4.79 Å². The lowest BCUT2D eigenvalue weighted by Crippen LogP contribution is -2.44. The Bertz CT molecular complexity index is 575. The maximum Gasteiger partial charge on any atom is 0.333 e. The first-order valence-electron chi connectivity index (χ1n) is 6.28. The van der Waals surface area contributed by atoms with Crippen molar-refractivity contribution in [3.8, 4) is 0 Å². The first kappa shape index (κ1) is 14.2. The molecule has 106 valence electrons. The quantitative estimate of drug-likeness (QED) is 0.902. The second-order valence-corrected chi connectivity index (χ2v) is 5.63. The Balaban J connectivity index is 2.25. The number of carboxylic acid groups (broad SMARTS) is 1. The third kappa shape index (κ3) is 3.04. The Kier molecular flexibility index (Phi) is 3.61. The summed E-state index contributed by atoms with van der Waals surface area (Å²) in [6, 6.07) is 5.25. The predicted molar refractivity (Wildman–Crippen MR) is 71.8 cm³/mol. The van der Waals surface area contributed by atoms with E-state index in [1.165, 1.54) is 29.2 Å². The standard InChI is InChI=1S/C15H16FNO3/c1-15(2)7-11(14(19)20)8-17(9-15)13(18)10-3-5-12(16)6-4-10/h3-7H,8-9H2,1-2H3,(H,19,20). The van der Waals surface area contributed by atoms with Gasteiger partial charge in [-0.25, -0.2) is 9.18 Å². The van der Waals surface area contributed by atoms with E-state index in [9.17, 15) is 14.0 Å². The highest BCUT2D eigenvalue weighted by Crippen LogP contribution is 2.27. The predicted octanol–water partition coefficient (Wildman–Crippen LogP) is 2.32. The third-order valence-corrected chi connectivity index (χ3v) is 3.18. The van der Waals surface area contributed by atoms with Crippen LogP contribution in [0.2, 0.25) is 0 Å². The molecule has 1 amide bonds. The van der Waals surface area contributed by atoms with Gasteiger partial charge in [-0.15, -0.1) is 0 Å². The van der Waals surface area contributed by atoms with E-state index in [4.69, 9.17) is 5.11 Å². The average Bonchev–Trinajstić information content (AvgIpc) is 2.37. The van der Waals surface area contributed by atoms with Gasteiger partial charge in [-0.1, -0.05) is 19.9 Å². The fourth-order valence-corrected chi connectivity index (χ4v) is 2.36. The van der Waals surface area contributed by atoms with Crippen molar-refractivity contribution in [1.29, 1.82) is 0 Å². The van der Waals surface area contributed by atoms with Gasteiger partial charge in [0.25, 0.3) is 5.91 Å². The van der Waals surface area contributed by atoms with Gasteiger partial charge in [0, 0.05) is 17.5 Å². The lowest BCUT2D eigenvalue weighted by atomic mass is 9.86. The van der Waals surface area contributed by atoms with Gasteiger partial charge in [0.1, 0.15) is 5.82 Å². The molecule has 0 saturated carbocycles. The molecule has 0 radical (unpaired) electrons. The van der Waals surface area contributed by atoms with Gasteiger partial charge in [0.05, 0.1) is 12.1 Å². The molecule has 4 nitrogen and oxygen atoms in total. The molecule has 0 saturated heterocycles. The zero-order valence-corrected chi connectivity index (χ0v) is 11.4. The molecule has 1 aromatic carbocycles. The van der Waals surface area contributed by atoms with E-state index < -0.39 is 17.2 Å². The van der Waals surface area contributed by atoms with Crippen LogP contribution in [0.3, 0.4) is 0 Å². The summed E-state index contributed by atoms with van der Waals surface area (Å²) in [5, 5.41) is 9.12. The number of carboxylic acids is 1. The largest absolute Gasteiger partial charge is 0.478 e. The van der Waals surface area contributed by atoms with Gasteiger partial charge >= 0.3 is 5.97 Å². The highest BCUT2D eigenvalue weighted by Gasteiger charge is 2.31. The maximum atomic E-state index is 12.9. The van der Waals surface area contributed by atoms with Crippen molar-refractivity contribution < 1.29 is 19.1 Å². The molecule has 0 bridgehead atoms. The van der Waals surface area contributed by atoms with Crippen molar-refractivity contribution in [2.24, 2.45) is 5.41 Å². The molecule has 0 aromatic heterocycles. The number of hydrogen-bond donors (Lipinski definition) is 1. The number of carbonyl (C=O) groups is 2. The molecular weight excluding hydrogens is 261 g/mol. The van der Waals surface area contributed by atoms with Gasteiger partial charge in [-0.2, -0.15) is 0 Å². The Hall–Kier alpha value is -2.17. The number of aliphatic carboxylic acids is 1. The van der Waals surface area contributed by atoms with Crippen LogP contribution >= 0.6 is 0 Å². The van der Waals surface area contributed by atoms with Crippen LogP contribution in [0, 0.1) is 11.2 Å². The molecule has 1 aliphatic rings. The summed E-state index contributed by atoms with van der Waals surface area (Å²) in [5.74, 6) is -1.72. The number of carbonyl (C=O) groups excluding carboxylic acids is 1. The minimum absolute atomic E-state index is 0.0645. The number of amides is 1. The summed E-state index contributed by atoms with van der Waals surface area (Å²) in [6.45, 7) is 4.25. The lowest BCUT2D eigenvalue weighted by Gasteiger charge is -2.35. The zero-order valence-electron chi connectivity index (χ0n) is 11.4. The fourth-order valence-electron chi connectivity index (χ4n) is 2.36. The summed E-state index contributed by atoms with van der Waals surface area (Å²) in [5.41, 5.74) is 0.160. The molecule has 0 aliphatic carbocycles. The first-order chi connectivity index (χ1) is 9.28. The Labute approximate surface area is 116 Å². The Morgan fingerprint density at radius 3 is 2.40 bits per heavy atom. The Morgan fingerprint density at radius 2 is 1.85 bits per heavy atom. The van der Waals surface area contributed by atoms with Gasteiger partial charge in [0.2, 0.25) is 0 Å². The van der Waals surface area contributed by atoms with E-state index >= 15 is 0 Å². The maximum absolute atomic E-state index is 12.9. The van der Waals surface area contributed by atoms with E-state index in [0.29, 0.717) is 12.1 Å². The van der Waals surface area contributed by atoms with Gasteiger partial charge < -0.3 is 10.0 Å². The molecule has 0 spiro atoms. The van der Waals surface area contributed by atoms with E-state index in [2.05, 4.69) is 0 Å². The fraction of sp³-hybridized carbons (Fsp3) is 0.333. The third-order valence-electron chi connectivity index (χ3n) is 3.18. The normalized spacial score (nSPS) is 17.6. The van der Waals surface area contributed by atoms with E-state index in [0.717, 1.165) is 0 Å². The lowest BCUT2D eigenvalue weighted by molar-refractivity contribution is -0.133. The number of hydrogen-bond acceptors (Lipinski definition) is 2. The van der Waals surface area contributed by atoms with Gasteiger partial charge in [0.15, 0.2) is 0 Å². The number of benzene rings is 1. The summed E-state index contributed by atoms with van der Waals surface area (Å²) < 4.78 is 12.9. The highest BCUT2D eigenvalue weighted by molar-refractivity contribution is 5.96. The minimum Gasteiger partial charge on any atom is -0.478 e. The summed E-state index contributed by atoms with van der Waals surface area (Å²) in [6.07, 6.45) is 1.68. The van der Waals surface area contributed by atoms with Crippen molar-refractivity contribution in [1.82, 2.24) is 4.90 Å². The van der Waals surface area contributed by atoms with Crippen molar-refractivity contribution in [2.75, 3.05) is 13.1 Å². The number of halogens is 1. The second kappa shape index (κ2) is 5.07. The van der Waals surface area contributed by atoms with E-state index in [-0.39, 0.29) is 18.0 Å². The van der Waals surface area contributed by atoms with Crippen LogP contribution in [-0.4, -0.2) is 35.0 Å². The van der Waals surface area contributed by atoms with Crippen molar-refractivity contribution in [2.45, 2.75) is 13.8 Å². The molecule has 0 atom stereocenters. The van der Waals surface area contributed by atoms with E-state index in [1.807, 2.05) is 13.8 Å². The van der Waals surface area contributed by atoms with Crippen LogP contribution in [0.1, 0.15) is 24.2 Å². The molecule has 1 aromatic rings. The molecular formula is C15H16FNO3. The van der Waals surface area contributed by atoms with Crippen LogP contribution in [0.15, 0.2) is 35.9 Å². The van der Waals surface area contributed by atoms with Crippen LogP contribution in [0.25, 0.3) is 0 Å². The SMILES string of the molecule is CC1(C)C=C(C(=O)O)CN(C(=O)c2ccc(F)cc2)C1. The topological polar surface area (TPSA) is 57.6 Å². The minimum atomic E-state index is -1.02. The Morgan fingerprint density at radius 1 is 1.25 bits per heavy atom. The van der Waals surface area contributed by atoms with Crippen LogP contribution < -0.4 is 0 Å². The molecule has 5 heteroatoms. The molecule has 1 heterocycles. The average molecular weight is 277 g/mol. The first-order valence-corrected chi connectivity index (χ1v) is 6.28. The molecule has 1 aliphatic heterocycles. The van der Waals surface area contributed by atoms with Crippen molar-refractivity contribution in [3.63, 3.8) is 0 Å². The molecule has 0 unspecified atom stereocenters. The summed E-state index contributed by atoms with van der Waals surface area (Å²) >= 11 is 0. The van der Waals surface area contributed by atoms with Crippen LogP contribution in [0.4, 0.5) is 4.39 Å². The molecule has 2 rings (SSSR count). The summed E-state index contributed by atoms with van der Waals surface area (Å²) in [4.78, 5) is 25.0. The smallest absolute Gasteiger partial charge is 0.333 e. The molecule has 0 fully saturated rings. The summed E-state index contributed by atoms with van der Waals surface area (Å²) in [7, 11) is 0. The van der Waals surface area contributed by atoms with Crippen molar-refractivity contribution >= 4 is 11.9 Å². The number of nitrogens with zero attached hydrogens (tertiary/aromatic N) is 1. The van der Waals surface area contributed by atoms with Gasteiger partial charge in [-0.05, 0) is 24.3 Å². The second-order valence-electron chi connectivity index (χ2n) is 5.63. The van der Waals surface area contributed by atoms with Crippen molar-refractivity contribution in [3.05, 3.63) is 47.3 Å². The van der Waals surface area contributed by atoms with Crippen LogP contribution in [-0.2, 0) is 4.79 Å². The number of rotatable bonds is 2. The zero-order chi connectivity index (χ0) is 14.9.